The van der Waals surface area contributed by atoms with Crippen molar-refractivity contribution in [2.45, 2.75) is 38.8 Å². The van der Waals surface area contributed by atoms with Crippen LogP contribution in [0, 0.1) is 0 Å². The molecule has 0 aromatic heterocycles. The minimum absolute atomic E-state index is 0.207. The molecule has 2 nitrogen and oxygen atoms in total. The maximum absolute atomic E-state index is 9.11. The second-order valence-corrected chi connectivity index (χ2v) is 4.18. The fourth-order valence-electron chi connectivity index (χ4n) is 1.58. The lowest BCUT2D eigenvalue weighted by Crippen LogP contribution is -2.30. The lowest BCUT2D eigenvalue weighted by Gasteiger charge is -2.14. The molecule has 0 saturated carbocycles. The highest BCUT2D eigenvalue weighted by Crippen LogP contribution is 2.02. The Hall–Kier alpha value is -0.860. The van der Waals surface area contributed by atoms with Crippen molar-refractivity contribution >= 4 is 0 Å². The third-order valence-electron chi connectivity index (χ3n) is 2.44. The molecule has 15 heavy (non-hydrogen) atoms. The summed E-state index contributed by atoms with van der Waals surface area (Å²) in [7, 11) is 0. The molecule has 0 spiro atoms. The van der Waals surface area contributed by atoms with Crippen LogP contribution in [-0.2, 0) is 6.42 Å². The zero-order valence-corrected chi connectivity index (χ0v) is 9.61. The van der Waals surface area contributed by atoms with Crippen molar-refractivity contribution in [1.82, 2.24) is 5.32 Å². The minimum atomic E-state index is -0.207. The first-order chi connectivity index (χ1) is 7.18. The highest BCUT2D eigenvalue weighted by Gasteiger charge is 2.02. The van der Waals surface area contributed by atoms with Crippen molar-refractivity contribution in [3.05, 3.63) is 35.9 Å². The molecule has 0 bridgehead atoms. The van der Waals surface area contributed by atoms with Gasteiger partial charge in [-0.2, -0.15) is 0 Å². The van der Waals surface area contributed by atoms with Crippen LogP contribution < -0.4 is 5.32 Å². The SMILES string of the molecule is CC(O)CCNC(C)Cc1ccccc1. The van der Waals surface area contributed by atoms with Gasteiger partial charge in [0.15, 0.2) is 0 Å². The van der Waals surface area contributed by atoms with Crippen LogP contribution in [-0.4, -0.2) is 23.8 Å². The highest BCUT2D eigenvalue weighted by molar-refractivity contribution is 5.15. The Kier molecular flexibility index (Phi) is 5.37. The fourth-order valence-corrected chi connectivity index (χ4v) is 1.58. The summed E-state index contributed by atoms with van der Waals surface area (Å²) >= 11 is 0. The van der Waals surface area contributed by atoms with E-state index in [0.29, 0.717) is 6.04 Å². The summed E-state index contributed by atoms with van der Waals surface area (Å²) in [6.07, 6.45) is 1.65. The van der Waals surface area contributed by atoms with Crippen LogP contribution in [0.3, 0.4) is 0 Å². The zero-order chi connectivity index (χ0) is 11.1. The first-order valence-corrected chi connectivity index (χ1v) is 5.64. The van der Waals surface area contributed by atoms with Gasteiger partial charge in [-0.05, 0) is 38.8 Å². The molecule has 0 amide bonds. The summed E-state index contributed by atoms with van der Waals surface area (Å²) in [4.78, 5) is 0. The van der Waals surface area contributed by atoms with Gasteiger partial charge in [-0.3, -0.25) is 0 Å². The largest absolute Gasteiger partial charge is 0.393 e. The zero-order valence-electron chi connectivity index (χ0n) is 9.61. The van der Waals surface area contributed by atoms with Crippen LogP contribution in [0.4, 0.5) is 0 Å². The van der Waals surface area contributed by atoms with Crippen LogP contribution in [0.1, 0.15) is 25.8 Å². The summed E-state index contributed by atoms with van der Waals surface area (Å²) in [5.74, 6) is 0. The van der Waals surface area contributed by atoms with Crippen molar-refractivity contribution in [3.63, 3.8) is 0 Å². The number of hydrogen-bond donors (Lipinski definition) is 2. The van der Waals surface area contributed by atoms with E-state index >= 15 is 0 Å². The molecule has 1 rings (SSSR count). The number of aliphatic hydroxyl groups excluding tert-OH is 1. The van der Waals surface area contributed by atoms with Gasteiger partial charge in [0, 0.05) is 6.04 Å². The van der Waals surface area contributed by atoms with Gasteiger partial charge in [-0.25, -0.2) is 0 Å². The van der Waals surface area contributed by atoms with E-state index in [0.717, 1.165) is 19.4 Å². The average Bonchev–Trinajstić information content (AvgIpc) is 2.18. The molecule has 0 aliphatic rings. The third-order valence-corrected chi connectivity index (χ3v) is 2.44. The standard InChI is InChI=1S/C13H21NO/c1-11(14-9-8-12(2)15)10-13-6-4-3-5-7-13/h3-7,11-12,14-15H,8-10H2,1-2H3. The Morgan fingerprint density at radius 1 is 1.20 bits per heavy atom. The summed E-state index contributed by atoms with van der Waals surface area (Å²) in [5.41, 5.74) is 1.36. The van der Waals surface area contributed by atoms with Gasteiger partial charge < -0.3 is 10.4 Å². The van der Waals surface area contributed by atoms with Gasteiger partial charge in [0.2, 0.25) is 0 Å². The smallest absolute Gasteiger partial charge is 0.0524 e. The van der Waals surface area contributed by atoms with E-state index in [-0.39, 0.29) is 6.10 Å². The predicted octanol–water partition coefficient (Wildman–Crippen LogP) is 1.98. The van der Waals surface area contributed by atoms with Crippen LogP contribution in [0.15, 0.2) is 30.3 Å². The molecule has 2 unspecified atom stereocenters. The van der Waals surface area contributed by atoms with E-state index in [1.165, 1.54) is 5.56 Å². The van der Waals surface area contributed by atoms with Crippen LogP contribution in [0.2, 0.25) is 0 Å². The molecular formula is C13H21NO. The van der Waals surface area contributed by atoms with Gasteiger partial charge in [0.1, 0.15) is 0 Å². The van der Waals surface area contributed by atoms with E-state index < -0.39 is 0 Å². The topological polar surface area (TPSA) is 32.3 Å². The highest BCUT2D eigenvalue weighted by atomic mass is 16.3. The molecule has 84 valence electrons. The second kappa shape index (κ2) is 6.59. The van der Waals surface area contributed by atoms with Gasteiger partial charge in [0.25, 0.3) is 0 Å². The van der Waals surface area contributed by atoms with Crippen molar-refractivity contribution in [3.8, 4) is 0 Å². The Morgan fingerprint density at radius 3 is 2.47 bits per heavy atom. The number of rotatable bonds is 6. The number of benzene rings is 1. The van der Waals surface area contributed by atoms with E-state index in [4.69, 9.17) is 5.11 Å². The molecule has 0 aliphatic heterocycles. The van der Waals surface area contributed by atoms with E-state index in [9.17, 15) is 0 Å². The monoisotopic (exact) mass is 207 g/mol. The molecule has 0 aliphatic carbocycles. The van der Waals surface area contributed by atoms with Crippen molar-refractivity contribution in [2.75, 3.05) is 6.54 Å². The Morgan fingerprint density at radius 2 is 1.87 bits per heavy atom. The summed E-state index contributed by atoms with van der Waals surface area (Å²) < 4.78 is 0. The predicted molar refractivity (Wildman–Crippen MR) is 63.9 cm³/mol. The van der Waals surface area contributed by atoms with Gasteiger partial charge in [-0.15, -0.1) is 0 Å². The summed E-state index contributed by atoms with van der Waals surface area (Å²) in [6.45, 7) is 4.88. The van der Waals surface area contributed by atoms with Crippen LogP contribution in [0.25, 0.3) is 0 Å². The van der Waals surface area contributed by atoms with E-state index in [2.05, 4.69) is 36.5 Å². The lowest BCUT2D eigenvalue weighted by molar-refractivity contribution is 0.182. The third kappa shape index (κ3) is 5.55. The fraction of sp³-hybridized carbons (Fsp3) is 0.538. The molecule has 1 aromatic rings. The molecule has 2 N–H and O–H groups in total. The summed E-state index contributed by atoms with van der Waals surface area (Å²) in [6, 6.07) is 10.9. The Bertz CT molecular complexity index is 258. The first-order valence-electron chi connectivity index (χ1n) is 5.64. The first kappa shape index (κ1) is 12.2. The number of nitrogens with one attached hydrogen (secondary N) is 1. The number of hydrogen-bond acceptors (Lipinski definition) is 2. The molecule has 0 heterocycles. The van der Waals surface area contributed by atoms with Gasteiger partial charge in [-0.1, -0.05) is 30.3 Å². The molecule has 0 fully saturated rings. The molecule has 0 saturated heterocycles. The van der Waals surface area contributed by atoms with E-state index in [1.807, 2.05) is 13.0 Å². The molecular weight excluding hydrogens is 186 g/mol. The van der Waals surface area contributed by atoms with Gasteiger partial charge in [0.05, 0.1) is 6.10 Å². The molecule has 2 heteroatoms. The molecule has 1 aromatic carbocycles. The minimum Gasteiger partial charge on any atom is -0.393 e. The lowest BCUT2D eigenvalue weighted by atomic mass is 10.1. The quantitative estimate of drug-likeness (QED) is 0.747. The summed E-state index contributed by atoms with van der Waals surface area (Å²) in [5, 5.41) is 12.5. The Labute approximate surface area is 92.3 Å². The molecule has 2 atom stereocenters. The molecule has 0 radical (unpaired) electrons. The van der Waals surface area contributed by atoms with Gasteiger partial charge >= 0.3 is 0 Å². The van der Waals surface area contributed by atoms with Crippen molar-refractivity contribution in [2.24, 2.45) is 0 Å². The second-order valence-electron chi connectivity index (χ2n) is 4.18. The number of aliphatic hydroxyl groups is 1. The van der Waals surface area contributed by atoms with E-state index in [1.54, 1.807) is 0 Å². The van der Waals surface area contributed by atoms with Crippen molar-refractivity contribution in [1.29, 1.82) is 0 Å². The maximum atomic E-state index is 9.11. The normalized spacial score (nSPS) is 14.9. The maximum Gasteiger partial charge on any atom is 0.0524 e. The Balaban J connectivity index is 2.21. The van der Waals surface area contributed by atoms with Crippen molar-refractivity contribution < 1.29 is 5.11 Å². The van der Waals surface area contributed by atoms with Crippen LogP contribution in [0.5, 0.6) is 0 Å². The van der Waals surface area contributed by atoms with Crippen LogP contribution >= 0.6 is 0 Å². The average molecular weight is 207 g/mol.